The van der Waals surface area contributed by atoms with Gasteiger partial charge in [-0.3, -0.25) is 0 Å². The molecule has 1 aliphatic heterocycles. The Morgan fingerprint density at radius 1 is 1.25 bits per heavy atom. The molecule has 1 aromatic rings. The van der Waals surface area contributed by atoms with Crippen LogP contribution in [-0.2, 0) is 14.8 Å². The van der Waals surface area contributed by atoms with E-state index in [9.17, 15) is 13.5 Å². The summed E-state index contributed by atoms with van der Waals surface area (Å²) < 4.78 is 32.0. The summed E-state index contributed by atoms with van der Waals surface area (Å²) in [6.45, 7) is 0.719. The molecule has 2 rings (SSSR count). The minimum Gasteiger partial charge on any atom is -0.388 e. The van der Waals surface area contributed by atoms with Crippen molar-refractivity contribution in [2.45, 2.75) is 23.3 Å². The van der Waals surface area contributed by atoms with Gasteiger partial charge in [0.25, 0.3) is 0 Å². The van der Waals surface area contributed by atoms with Crippen LogP contribution in [0, 0.1) is 0 Å². The van der Waals surface area contributed by atoms with E-state index in [2.05, 4.69) is 4.72 Å². The Morgan fingerprint density at radius 2 is 1.80 bits per heavy atom. The third-order valence-electron chi connectivity index (χ3n) is 3.20. The zero-order valence-electron chi connectivity index (χ0n) is 10.6. The Balaban J connectivity index is 2.15. The second kappa shape index (κ2) is 6.17. The van der Waals surface area contributed by atoms with Crippen LogP contribution in [0.25, 0.3) is 0 Å². The Bertz CT molecular complexity index is 565. The fraction of sp³-hybridized carbons (Fsp3) is 0.500. The van der Waals surface area contributed by atoms with E-state index in [1.807, 2.05) is 0 Å². The Hall–Kier alpha value is -0.370. The first-order valence-corrected chi connectivity index (χ1v) is 8.32. The monoisotopic (exact) mass is 339 g/mol. The molecule has 0 amide bonds. The molecular weight excluding hydrogens is 325 g/mol. The van der Waals surface area contributed by atoms with Gasteiger partial charge in [0, 0.05) is 32.6 Å². The maximum absolute atomic E-state index is 12.2. The number of sulfonamides is 1. The Morgan fingerprint density at radius 3 is 2.35 bits per heavy atom. The van der Waals surface area contributed by atoms with Crippen LogP contribution < -0.4 is 4.72 Å². The van der Waals surface area contributed by atoms with Crippen LogP contribution in [0.3, 0.4) is 0 Å². The molecule has 112 valence electrons. The van der Waals surface area contributed by atoms with Crippen molar-refractivity contribution in [3.8, 4) is 0 Å². The molecule has 0 aromatic heterocycles. The molecule has 0 atom stereocenters. The molecule has 1 heterocycles. The van der Waals surface area contributed by atoms with Crippen LogP contribution in [0.4, 0.5) is 0 Å². The van der Waals surface area contributed by atoms with Gasteiger partial charge in [-0.05, 0) is 12.1 Å². The highest BCUT2D eigenvalue weighted by molar-refractivity contribution is 7.89. The first-order valence-electron chi connectivity index (χ1n) is 6.08. The average molecular weight is 340 g/mol. The van der Waals surface area contributed by atoms with Crippen molar-refractivity contribution in [2.24, 2.45) is 0 Å². The van der Waals surface area contributed by atoms with Gasteiger partial charge in [0.15, 0.2) is 0 Å². The number of aliphatic hydroxyl groups is 1. The summed E-state index contributed by atoms with van der Waals surface area (Å²) in [5.74, 6) is 0. The molecule has 1 aromatic carbocycles. The van der Waals surface area contributed by atoms with Crippen molar-refractivity contribution in [2.75, 3.05) is 19.8 Å². The molecule has 20 heavy (non-hydrogen) atoms. The first-order chi connectivity index (χ1) is 9.34. The fourth-order valence-corrected chi connectivity index (χ4v) is 4.23. The molecule has 5 nitrogen and oxygen atoms in total. The number of ether oxygens (including phenoxy) is 1. The molecule has 0 unspecified atom stereocenters. The third kappa shape index (κ3) is 3.63. The average Bonchev–Trinajstić information content (AvgIpc) is 2.37. The summed E-state index contributed by atoms with van der Waals surface area (Å²) in [6.07, 6.45) is 0.761. The zero-order valence-corrected chi connectivity index (χ0v) is 12.9. The molecule has 0 spiro atoms. The van der Waals surface area contributed by atoms with Crippen molar-refractivity contribution in [1.29, 1.82) is 0 Å². The van der Waals surface area contributed by atoms with Crippen LogP contribution in [0.5, 0.6) is 0 Å². The van der Waals surface area contributed by atoms with Crippen LogP contribution >= 0.6 is 23.2 Å². The smallest absolute Gasteiger partial charge is 0.243 e. The molecule has 8 heteroatoms. The van der Waals surface area contributed by atoms with Crippen molar-refractivity contribution >= 4 is 33.2 Å². The standard InChI is InChI=1S/C12H15Cl2NO4S/c13-9-2-1-3-10(14)11(9)20(17,18)15-8-12(16)4-6-19-7-5-12/h1-3,15-16H,4-8H2. The van der Waals surface area contributed by atoms with Crippen molar-refractivity contribution in [3.63, 3.8) is 0 Å². The van der Waals surface area contributed by atoms with E-state index in [-0.39, 0.29) is 21.5 Å². The largest absolute Gasteiger partial charge is 0.388 e. The molecule has 0 saturated carbocycles. The third-order valence-corrected chi connectivity index (χ3v) is 5.56. The minimum absolute atomic E-state index is 0.0453. The van der Waals surface area contributed by atoms with Crippen LogP contribution in [0.1, 0.15) is 12.8 Å². The number of halogens is 2. The lowest BCUT2D eigenvalue weighted by Crippen LogP contribution is -2.46. The van der Waals surface area contributed by atoms with Gasteiger partial charge in [-0.25, -0.2) is 13.1 Å². The molecule has 1 saturated heterocycles. The maximum atomic E-state index is 12.2. The van der Waals surface area contributed by atoms with Gasteiger partial charge >= 0.3 is 0 Å². The van der Waals surface area contributed by atoms with Gasteiger partial charge in [-0.15, -0.1) is 0 Å². The molecule has 2 N–H and O–H groups in total. The SMILES string of the molecule is O=S(=O)(NCC1(O)CCOCC1)c1c(Cl)cccc1Cl. The summed E-state index contributed by atoms with van der Waals surface area (Å²) in [7, 11) is -3.87. The Kier molecular flexibility index (Phi) is 4.94. The van der Waals surface area contributed by atoms with E-state index in [1.54, 1.807) is 6.07 Å². The lowest BCUT2D eigenvalue weighted by Gasteiger charge is -2.32. The highest BCUT2D eigenvalue weighted by atomic mass is 35.5. The van der Waals surface area contributed by atoms with Crippen LogP contribution in [0.15, 0.2) is 23.1 Å². The quantitative estimate of drug-likeness (QED) is 0.877. The van der Waals surface area contributed by atoms with Crippen molar-refractivity contribution in [3.05, 3.63) is 28.2 Å². The van der Waals surface area contributed by atoms with Gasteiger partial charge in [-0.2, -0.15) is 0 Å². The number of hydrogen-bond donors (Lipinski definition) is 2. The van der Waals surface area contributed by atoms with E-state index in [0.29, 0.717) is 26.1 Å². The predicted molar refractivity (Wildman–Crippen MR) is 76.7 cm³/mol. The summed E-state index contributed by atoms with van der Waals surface area (Å²) >= 11 is 11.8. The van der Waals surface area contributed by atoms with E-state index >= 15 is 0 Å². The van der Waals surface area contributed by atoms with Crippen LogP contribution in [0.2, 0.25) is 10.0 Å². The van der Waals surface area contributed by atoms with Crippen molar-refractivity contribution < 1.29 is 18.3 Å². The highest BCUT2D eigenvalue weighted by Crippen LogP contribution is 2.29. The number of benzene rings is 1. The van der Waals surface area contributed by atoms with E-state index in [0.717, 1.165) is 0 Å². The normalized spacial score (nSPS) is 18.9. The van der Waals surface area contributed by atoms with E-state index < -0.39 is 15.6 Å². The summed E-state index contributed by atoms with van der Waals surface area (Å²) in [4.78, 5) is -0.168. The van der Waals surface area contributed by atoms with E-state index in [4.69, 9.17) is 27.9 Å². The first kappa shape index (κ1) is 16.0. The zero-order chi connectivity index (χ0) is 14.8. The van der Waals surface area contributed by atoms with Gasteiger partial charge in [-0.1, -0.05) is 29.3 Å². The number of hydrogen-bond acceptors (Lipinski definition) is 4. The van der Waals surface area contributed by atoms with Gasteiger partial charge in [0.1, 0.15) is 4.90 Å². The molecule has 0 bridgehead atoms. The summed E-state index contributed by atoms with van der Waals surface area (Å²) in [6, 6.07) is 4.46. The number of nitrogens with one attached hydrogen (secondary N) is 1. The van der Waals surface area contributed by atoms with Gasteiger partial charge in [0.05, 0.1) is 15.6 Å². The topological polar surface area (TPSA) is 75.6 Å². The Labute approximate surface area is 127 Å². The highest BCUT2D eigenvalue weighted by Gasteiger charge is 2.32. The predicted octanol–water partition coefficient (Wildman–Crippen LogP) is 1.81. The maximum Gasteiger partial charge on any atom is 0.243 e. The fourth-order valence-electron chi connectivity index (χ4n) is 1.97. The molecule has 1 aliphatic rings. The van der Waals surface area contributed by atoms with E-state index in [1.165, 1.54) is 12.1 Å². The molecular formula is C12H15Cl2NO4S. The number of rotatable bonds is 4. The lowest BCUT2D eigenvalue weighted by atomic mass is 9.95. The summed E-state index contributed by atoms with van der Waals surface area (Å²) in [5, 5.41) is 10.3. The van der Waals surface area contributed by atoms with Crippen LogP contribution in [-0.4, -0.2) is 38.9 Å². The minimum atomic E-state index is -3.87. The van der Waals surface area contributed by atoms with Gasteiger partial charge in [0.2, 0.25) is 10.0 Å². The molecule has 0 radical (unpaired) electrons. The molecule has 0 aliphatic carbocycles. The molecule has 1 fully saturated rings. The second-order valence-corrected chi connectivity index (χ2v) is 7.23. The second-order valence-electron chi connectivity index (χ2n) is 4.71. The summed E-state index contributed by atoms with van der Waals surface area (Å²) in [5.41, 5.74) is -1.10. The van der Waals surface area contributed by atoms with Gasteiger partial charge < -0.3 is 9.84 Å². The lowest BCUT2D eigenvalue weighted by molar-refractivity contribution is -0.0588. The van der Waals surface area contributed by atoms with Crippen molar-refractivity contribution in [1.82, 2.24) is 4.72 Å².